The summed E-state index contributed by atoms with van der Waals surface area (Å²) in [5.41, 5.74) is -0.903. The molecule has 136 valence electrons. The maximum absolute atomic E-state index is 12.9. The molecule has 10 heteroatoms. The zero-order valence-electron chi connectivity index (χ0n) is 12.7. The van der Waals surface area contributed by atoms with E-state index in [4.69, 9.17) is 16.3 Å². The van der Waals surface area contributed by atoms with E-state index in [1.807, 2.05) is 0 Å². The first-order valence-corrected chi connectivity index (χ1v) is 9.39. The number of rotatable bonds is 5. The lowest BCUT2D eigenvalue weighted by Gasteiger charge is -2.13. The predicted molar refractivity (Wildman–Crippen MR) is 91.2 cm³/mol. The van der Waals surface area contributed by atoms with E-state index in [-0.39, 0.29) is 22.8 Å². The summed E-state index contributed by atoms with van der Waals surface area (Å²) in [6, 6.07) is 7.61. The average molecular weight is 459 g/mol. The fourth-order valence-corrected chi connectivity index (χ4v) is 3.96. The van der Waals surface area contributed by atoms with Crippen molar-refractivity contribution in [1.29, 1.82) is 0 Å². The SMILES string of the molecule is COc1ccc(Br)cc1S(=O)(=O)NCc1ccc(Cl)c(C(F)(F)F)c1. The van der Waals surface area contributed by atoms with Gasteiger partial charge in [-0.2, -0.15) is 13.2 Å². The van der Waals surface area contributed by atoms with E-state index in [1.165, 1.54) is 25.3 Å². The molecular weight excluding hydrogens is 447 g/mol. The van der Waals surface area contributed by atoms with Gasteiger partial charge in [-0.1, -0.05) is 33.6 Å². The monoisotopic (exact) mass is 457 g/mol. The molecule has 0 aromatic heterocycles. The molecule has 0 saturated carbocycles. The second-order valence-electron chi connectivity index (χ2n) is 4.93. The smallest absolute Gasteiger partial charge is 0.417 e. The van der Waals surface area contributed by atoms with Crippen molar-refractivity contribution >= 4 is 37.6 Å². The molecule has 0 atom stereocenters. The number of alkyl halides is 3. The van der Waals surface area contributed by atoms with E-state index in [9.17, 15) is 21.6 Å². The van der Waals surface area contributed by atoms with Crippen LogP contribution in [0.15, 0.2) is 45.8 Å². The minimum Gasteiger partial charge on any atom is -0.495 e. The maximum Gasteiger partial charge on any atom is 0.417 e. The van der Waals surface area contributed by atoms with E-state index in [2.05, 4.69) is 20.7 Å². The van der Waals surface area contributed by atoms with Crippen LogP contribution in [0.3, 0.4) is 0 Å². The summed E-state index contributed by atoms with van der Waals surface area (Å²) in [7, 11) is -2.68. The van der Waals surface area contributed by atoms with Gasteiger partial charge in [0.05, 0.1) is 17.7 Å². The van der Waals surface area contributed by atoms with Crippen LogP contribution in [0.4, 0.5) is 13.2 Å². The molecule has 0 heterocycles. The molecule has 0 bridgehead atoms. The van der Waals surface area contributed by atoms with Crippen molar-refractivity contribution in [2.45, 2.75) is 17.6 Å². The Kier molecular flexibility index (Phi) is 6.03. The molecule has 0 aliphatic rings. The van der Waals surface area contributed by atoms with Gasteiger partial charge in [-0.25, -0.2) is 13.1 Å². The highest BCUT2D eigenvalue weighted by molar-refractivity contribution is 9.10. The third kappa shape index (κ3) is 4.87. The third-order valence-electron chi connectivity index (χ3n) is 3.22. The van der Waals surface area contributed by atoms with Gasteiger partial charge in [0.1, 0.15) is 10.6 Å². The van der Waals surface area contributed by atoms with Crippen LogP contribution in [0, 0.1) is 0 Å². The number of nitrogens with one attached hydrogen (secondary N) is 1. The molecule has 1 N–H and O–H groups in total. The van der Waals surface area contributed by atoms with Gasteiger partial charge in [-0.05, 0) is 35.9 Å². The third-order valence-corrected chi connectivity index (χ3v) is 5.46. The normalized spacial score (nSPS) is 12.2. The van der Waals surface area contributed by atoms with Crippen molar-refractivity contribution in [3.8, 4) is 5.75 Å². The van der Waals surface area contributed by atoms with Gasteiger partial charge in [0.15, 0.2) is 0 Å². The lowest BCUT2D eigenvalue weighted by atomic mass is 10.1. The van der Waals surface area contributed by atoms with Gasteiger partial charge in [-0.15, -0.1) is 0 Å². The van der Waals surface area contributed by atoms with Gasteiger partial charge < -0.3 is 4.74 Å². The Morgan fingerprint density at radius 2 is 1.88 bits per heavy atom. The van der Waals surface area contributed by atoms with Crippen LogP contribution in [0.2, 0.25) is 5.02 Å². The first-order valence-electron chi connectivity index (χ1n) is 6.73. The molecule has 0 saturated heterocycles. The average Bonchev–Trinajstić information content (AvgIpc) is 2.53. The molecule has 0 radical (unpaired) electrons. The van der Waals surface area contributed by atoms with Crippen molar-refractivity contribution in [2.24, 2.45) is 0 Å². The number of ether oxygens (including phenoxy) is 1. The molecule has 25 heavy (non-hydrogen) atoms. The summed E-state index contributed by atoms with van der Waals surface area (Å²) in [6.07, 6.45) is -4.63. The Hall–Kier alpha value is -1.29. The molecule has 0 fully saturated rings. The second kappa shape index (κ2) is 7.53. The second-order valence-corrected chi connectivity index (χ2v) is 7.99. The van der Waals surface area contributed by atoms with E-state index in [0.29, 0.717) is 4.47 Å². The van der Waals surface area contributed by atoms with Gasteiger partial charge in [0, 0.05) is 11.0 Å². The van der Waals surface area contributed by atoms with E-state index < -0.39 is 26.8 Å². The summed E-state index contributed by atoms with van der Waals surface area (Å²) >= 11 is 8.71. The summed E-state index contributed by atoms with van der Waals surface area (Å²) in [5.74, 6) is 0.114. The van der Waals surface area contributed by atoms with Crippen molar-refractivity contribution in [3.05, 3.63) is 57.0 Å². The zero-order valence-corrected chi connectivity index (χ0v) is 15.9. The van der Waals surface area contributed by atoms with Crippen LogP contribution in [0.5, 0.6) is 5.75 Å². The number of halogens is 5. The van der Waals surface area contributed by atoms with Gasteiger partial charge >= 0.3 is 6.18 Å². The van der Waals surface area contributed by atoms with Gasteiger partial charge in [0.25, 0.3) is 0 Å². The lowest BCUT2D eigenvalue weighted by molar-refractivity contribution is -0.137. The summed E-state index contributed by atoms with van der Waals surface area (Å²) in [5, 5.41) is -0.451. The molecular formula is C15H12BrClF3NO3S. The Morgan fingerprint density at radius 1 is 1.20 bits per heavy atom. The molecule has 2 aromatic rings. The van der Waals surface area contributed by atoms with Gasteiger partial charge in [0.2, 0.25) is 10.0 Å². The van der Waals surface area contributed by atoms with E-state index in [1.54, 1.807) is 6.07 Å². The highest BCUT2D eigenvalue weighted by atomic mass is 79.9. The van der Waals surface area contributed by atoms with Gasteiger partial charge in [-0.3, -0.25) is 0 Å². The zero-order chi connectivity index (χ0) is 18.8. The van der Waals surface area contributed by atoms with Crippen LogP contribution in [0.1, 0.15) is 11.1 Å². The Labute approximate surface area is 156 Å². The molecule has 0 spiro atoms. The minimum absolute atomic E-state index is 0.114. The van der Waals surface area contributed by atoms with Crippen LogP contribution in [-0.4, -0.2) is 15.5 Å². The Morgan fingerprint density at radius 3 is 2.48 bits per heavy atom. The number of sulfonamides is 1. The van der Waals surface area contributed by atoms with Crippen molar-refractivity contribution < 1.29 is 26.3 Å². The standard InChI is InChI=1S/C15H12BrClF3NO3S/c1-24-13-5-3-10(16)7-14(13)25(22,23)21-8-9-2-4-12(17)11(6-9)15(18,19)20/h2-7,21H,8H2,1H3. The molecule has 0 aliphatic carbocycles. The fourth-order valence-electron chi connectivity index (χ4n) is 2.02. The molecule has 0 aliphatic heterocycles. The number of benzene rings is 2. The predicted octanol–water partition coefficient (Wildman–Crippen LogP) is 4.61. The Bertz CT molecular complexity index is 888. The van der Waals surface area contributed by atoms with Crippen LogP contribution < -0.4 is 9.46 Å². The van der Waals surface area contributed by atoms with E-state index >= 15 is 0 Å². The first-order chi connectivity index (χ1) is 11.5. The van der Waals surface area contributed by atoms with E-state index in [0.717, 1.165) is 12.1 Å². The summed E-state index contributed by atoms with van der Waals surface area (Å²) < 4.78 is 71.2. The largest absolute Gasteiger partial charge is 0.495 e. The number of hydrogen-bond donors (Lipinski definition) is 1. The van der Waals surface area contributed by atoms with Crippen molar-refractivity contribution in [3.63, 3.8) is 0 Å². The van der Waals surface area contributed by atoms with Crippen molar-refractivity contribution in [1.82, 2.24) is 4.72 Å². The Balaban J connectivity index is 2.28. The molecule has 2 aromatic carbocycles. The number of hydrogen-bond acceptors (Lipinski definition) is 3. The van der Waals surface area contributed by atoms with Crippen LogP contribution in [-0.2, 0) is 22.7 Å². The van der Waals surface area contributed by atoms with Crippen molar-refractivity contribution in [2.75, 3.05) is 7.11 Å². The molecule has 0 amide bonds. The molecule has 2 rings (SSSR count). The summed E-state index contributed by atoms with van der Waals surface area (Å²) in [6.45, 7) is -0.335. The highest BCUT2D eigenvalue weighted by Crippen LogP contribution is 2.35. The fraction of sp³-hybridized carbons (Fsp3) is 0.200. The molecule has 0 unspecified atom stereocenters. The minimum atomic E-state index is -4.63. The quantitative estimate of drug-likeness (QED) is 0.712. The lowest BCUT2D eigenvalue weighted by Crippen LogP contribution is -2.24. The van der Waals surface area contributed by atoms with Crippen LogP contribution in [0.25, 0.3) is 0 Å². The maximum atomic E-state index is 12.9. The first kappa shape index (κ1) is 20.0. The highest BCUT2D eigenvalue weighted by Gasteiger charge is 2.33. The number of methoxy groups -OCH3 is 1. The summed E-state index contributed by atoms with van der Waals surface area (Å²) in [4.78, 5) is -0.130. The molecule has 4 nitrogen and oxygen atoms in total. The topological polar surface area (TPSA) is 55.4 Å². The van der Waals surface area contributed by atoms with Crippen LogP contribution >= 0.6 is 27.5 Å².